The number of amides is 1. The van der Waals surface area contributed by atoms with Crippen LogP contribution in [0.2, 0.25) is 0 Å². The monoisotopic (exact) mass is 430 g/mol. The van der Waals surface area contributed by atoms with Crippen LogP contribution in [0.25, 0.3) is 0 Å². The van der Waals surface area contributed by atoms with Crippen LogP contribution in [-0.4, -0.2) is 35.1 Å². The quantitative estimate of drug-likeness (QED) is 0.496. The molecule has 158 valence electrons. The molecule has 0 saturated carbocycles. The molecule has 4 rings (SSSR count). The van der Waals surface area contributed by atoms with Crippen molar-refractivity contribution in [3.8, 4) is 0 Å². The summed E-state index contributed by atoms with van der Waals surface area (Å²) in [4.78, 5) is 14.5. The molecule has 3 aromatic carbocycles. The van der Waals surface area contributed by atoms with Gasteiger partial charge in [-0.15, -0.1) is 0 Å². The highest BCUT2D eigenvalue weighted by Crippen LogP contribution is 2.19. The summed E-state index contributed by atoms with van der Waals surface area (Å²) in [6.45, 7) is 1.46. The smallest absolute Gasteiger partial charge is 0.253 e. The highest BCUT2D eigenvalue weighted by atomic mass is 32.1. The van der Waals surface area contributed by atoms with Crippen LogP contribution in [0.3, 0.4) is 0 Å². The number of carbonyl (C=O) groups is 1. The Labute approximate surface area is 188 Å². The highest BCUT2D eigenvalue weighted by Gasteiger charge is 2.23. The zero-order chi connectivity index (χ0) is 21.5. The maximum Gasteiger partial charge on any atom is 0.253 e. The van der Waals surface area contributed by atoms with Gasteiger partial charge in [-0.05, 0) is 73.6 Å². The molecule has 1 aliphatic heterocycles. The molecule has 3 N–H and O–H groups in total. The van der Waals surface area contributed by atoms with Gasteiger partial charge >= 0.3 is 0 Å². The van der Waals surface area contributed by atoms with Gasteiger partial charge in [0, 0.05) is 41.8 Å². The molecule has 3 aromatic rings. The van der Waals surface area contributed by atoms with Crippen LogP contribution in [0.15, 0.2) is 84.9 Å². The first-order valence-corrected chi connectivity index (χ1v) is 10.9. The maximum atomic E-state index is 12.6. The van der Waals surface area contributed by atoms with E-state index in [0.29, 0.717) is 5.11 Å². The third kappa shape index (κ3) is 5.83. The maximum absolute atomic E-state index is 12.6. The molecule has 0 radical (unpaired) electrons. The lowest BCUT2D eigenvalue weighted by Gasteiger charge is -2.33. The van der Waals surface area contributed by atoms with Crippen molar-refractivity contribution in [1.82, 2.24) is 10.2 Å². The van der Waals surface area contributed by atoms with Gasteiger partial charge in [0.1, 0.15) is 0 Å². The Morgan fingerprint density at radius 2 is 1.32 bits per heavy atom. The fraction of sp³-hybridized carbons (Fsp3) is 0.200. The van der Waals surface area contributed by atoms with E-state index in [1.165, 1.54) is 0 Å². The summed E-state index contributed by atoms with van der Waals surface area (Å²) in [6.07, 6.45) is 1.75. The third-order valence-electron chi connectivity index (χ3n) is 5.34. The van der Waals surface area contributed by atoms with Crippen LogP contribution in [0, 0.1) is 0 Å². The van der Waals surface area contributed by atoms with Gasteiger partial charge in [0.2, 0.25) is 0 Å². The Bertz CT molecular complexity index is 1000. The van der Waals surface area contributed by atoms with Crippen molar-refractivity contribution >= 4 is 40.3 Å². The lowest BCUT2D eigenvalue weighted by molar-refractivity contribution is 0.0710. The molecule has 5 nitrogen and oxygen atoms in total. The van der Waals surface area contributed by atoms with Gasteiger partial charge < -0.3 is 20.9 Å². The Morgan fingerprint density at radius 3 is 1.97 bits per heavy atom. The first kappa shape index (κ1) is 20.9. The van der Waals surface area contributed by atoms with Crippen LogP contribution in [0.4, 0.5) is 17.1 Å². The van der Waals surface area contributed by atoms with Crippen molar-refractivity contribution in [2.24, 2.45) is 0 Å². The van der Waals surface area contributed by atoms with Crippen molar-refractivity contribution in [2.45, 2.75) is 18.9 Å². The molecule has 0 aliphatic carbocycles. The summed E-state index contributed by atoms with van der Waals surface area (Å²) in [5.41, 5.74) is 3.76. The first-order valence-electron chi connectivity index (χ1n) is 10.5. The zero-order valence-electron chi connectivity index (χ0n) is 17.3. The highest BCUT2D eigenvalue weighted by molar-refractivity contribution is 7.80. The normalized spacial score (nSPS) is 14.0. The van der Waals surface area contributed by atoms with E-state index in [1.54, 1.807) is 0 Å². The van der Waals surface area contributed by atoms with Gasteiger partial charge in [-0.25, -0.2) is 0 Å². The number of anilines is 3. The van der Waals surface area contributed by atoms with Gasteiger partial charge in [-0.3, -0.25) is 4.79 Å². The lowest BCUT2D eigenvalue weighted by atomic mass is 10.0. The fourth-order valence-electron chi connectivity index (χ4n) is 3.67. The van der Waals surface area contributed by atoms with E-state index < -0.39 is 0 Å². The number of nitrogens with one attached hydrogen (secondary N) is 3. The number of carbonyl (C=O) groups excluding carboxylic acids is 1. The molecule has 0 bridgehead atoms. The summed E-state index contributed by atoms with van der Waals surface area (Å²) in [7, 11) is 0. The third-order valence-corrected chi connectivity index (χ3v) is 5.56. The Hall–Kier alpha value is -3.38. The number of rotatable bonds is 5. The topological polar surface area (TPSA) is 56.4 Å². The second-order valence-electron chi connectivity index (χ2n) is 7.60. The van der Waals surface area contributed by atoms with E-state index in [1.807, 2.05) is 89.8 Å². The largest absolute Gasteiger partial charge is 0.360 e. The van der Waals surface area contributed by atoms with Gasteiger partial charge in [-0.2, -0.15) is 0 Å². The molecule has 0 unspecified atom stereocenters. The Morgan fingerprint density at radius 1 is 0.774 bits per heavy atom. The van der Waals surface area contributed by atoms with Crippen molar-refractivity contribution in [1.29, 1.82) is 0 Å². The summed E-state index contributed by atoms with van der Waals surface area (Å²) in [5.74, 6) is 0.101. The molecule has 0 aromatic heterocycles. The second-order valence-corrected chi connectivity index (χ2v) is 8.01. The Kier molecular flexibility index (Phi) is 6.79. The lowest BCUT2D eigenvalue weighted by Crippen LogP contribution is -2.47. The minimum atomic E-state index is 0.101. The number of benzene rings is 3. The SMILES string of the molecule is O=C(c1ccccc1)N1CCC(NC(=S)Nc2ccc(Nc3ccccc3)cc2)CC1. The summed E-state index contributed by atoms with van der Waals surface area (Å²) >= 11 is 5.49. The molecule has 31 heavy (non-hydrogen) atoms. The summed E-state index contributed by atoms with van der Waals surface area (Å²) < 4.78 is 0. The van der Waals surface area contributed by atoms with Crippen LogP contribution >= 0.6 is 12.2 Å². The van der Waals surface area contributed by atoms with Crippen LogP contribution in [-0.2, 0) is 0 Å². The molecule has 1 saturated heterocycles. The van der Waals surface area contributed by atoms with Gasteiger partial charge in [0.05, 0.1) is 0 Å². The van der Waals surface area contributed by atoms with E-state index in [2.05, 4.69) is 16.0 Å². The molecule has 0 spiro atoms. The number of hydrogen-bond donors (Lipinski definition) is 3. The van der Waals surface area contributed by atoms with E-state index in [-0.39, 0.29) is 11.9 Å². The summed E-state index contributed by atoms with van der Waals surface area (Å²) in [6, 6.07) is 27.8. The molecule has 1 fully saturated rings. The number of hydrogen-bond acceptors (Lipinski definition) is 3. The van der Waals surface area contributed by atoms with Crippen molar-refractivity contribution < 1.29 is 4.79 Å². The van der Waals surface area contributed by atoms with Gasteiger partial charge in [0.25, 0.3) is 5.91 Å². The van der Waals surface area contributed by atoms with Crippen molar-refractivity contribution in [2.75, 3.05) is 23.7 Å². The standard InChI is InChI=1S/C25H26N4OS/c30-24(19-7-3-1-4-8-19)29-17-15-23(16-18-29)28-25(31)27-22-13-11-21(12-14-22)26-20-9-5-2-6-10-20/h1-14,23,26H,15-18H2,(H2,27,28,31). The number of piperidine rings is 1. The molecule has 1 aliphatic rings. The predicted molar refractivity (Wildman–Crippen MR) is 131 cm³/mol. The summed E-state index contributed by atoms with van der Waals surface area (Å²) in [5, 5.41) is 10.6. The van der Waals surface area contributed by atoms with E-state index in [9.17, 15) is 4.79 Å². The van der Waals surface area contributed by atoms with Crippen LogP contribution < -0.4 is 16.0 Å². The molecule has 1 heterocycles. The average molecular weight is 431 g/mol. The number of nitrogens with zero attached hydrogens (tertiary/aromatic N) is 1. The molecule has 0 atom stereocenters. The molecular formula is C25H26N4OS. The second kappa shape index (κ2) is 10.1. The Balaban J connectivity index is 1.23. The first-order chi connectivity index (χ1) is 15.2. The number of para-hydroxylation sites is 1. The van der Waals surface area contributed by atoms with E-state index in [4.69, 9.17) is 12.2 Å². The van der Waals surface area contributed by atoms with Gasteiger partial charge in [-0.1, -0.05) is 36.4 Å². The van der Waals surface area contributed by atoms with Crippen LogP contribution in [0.5, 0.6) is 0 Å². The van der Waals surface area contributed by atoms with Crippen molar-refractivity contribution in [3.63, 3.8) is 0 Å². The minimum absolute atomic E-state index is 0.101. The number of likely N-dealkylation sites (tertiary alicyclic amines) is 1. The molecule has 1 amide bonds. The average Bonchev–Trinajstić information content (AvgIpc) is 2.82. The van der Waals surface area contributed by atoms with E-state index in [0.717, 1.165) is 48.6 Å². The zero-order valence-corrected chi connectivity index (χ0v) is 18.1. The van der Waals surface area contributed by atoms with Crippen molar-refractivity contribution in [3.05, 3.63) is 90.5 Å². The number of thiocarbonyl (C=S) groups is 1. The fourth-order valence-corrected chi connectivity index (χ4v) is 3.95. The molecule has 6 heteroatoms. The predicted octanol–water partition coefficient (Wildman–Crippen LogP) is 5.02. The molecular weight excluding hydrogens is 404 g/mol. The van der Waals surface area contributed by atoms with Crippen LogP contribution in [0.1, 0.15) is 23.2 Å². The minimum Gasteiger partial charge on any atom is -0.360 e. The van der Waals surface area contributed by atoms with E-state index >= 15 is 0 Å². The van der Waals surface area contributed by atoms with Gasteiger partial charge in [0.15, 0.2) is 5.11 Å².